The topological polar surface area (TPSA) is 55.6 Å². The van der Waals surface area contributed by atoms with Crippen LogP contribution in [0.1, 0.15) is 33.6 Å². The summed E-state index contributed by atoms with van der Waals surface area (Å²) in [6.45, 7) is 7.48. The Balaban J connectivity index is 3.82. The van der Waals surface area contributed by atoms with Gasteiger partial charge in [-0.3, -0.25) is 4.79 Å². The zero-order chi connectivity index (χ0) is 11.9. The fraction of sp³-hybridized carbons (Fsp3) is 0.909. The predicted molar refractivity (Wildman–Crippen MR) is 61.6 cm³/mol. The molecule has 0 saturated heterocycles. The van der Waals surface area contributed by atoms with Gasteiger partial charge in [-0.05, 0) is 33.2 Å². The van der Waals surface area contributed by atoms with Crippen molar-refractivity contribution in [3.05, 3.63) is 0 Å². The predicted octanol–water partition coefficient (Wildman–Crippen LogP) is 0.999. The molecule has 0 spiro atoms. The minimum Gasteiger partial charge on any atom is -0.366 e. The van der Waals surface area contributed by atoms with E-state index in [1.165, 1.54) is 0 Å². The summed E-state index contributed by atoms with van der Waals surface area (Å²) in [6, 6.07) is 0. The smallest absolute Gasteiger partial charge is 0.248 e. The molecule has 0 bridgehead atoms. The van der Waals surface area contributed by atoms with Gasteiger partial charge in [0.05, 0.1) is 5.60 Å². The van der Waals surface area contributed by atoms with Gasteiger partial charge < -0.3 is 15.4 Å². The van der Waals surface area contributed by atoms with Crippen LogP contribution in [0.25, 0.3) is 0 Å². The van der Waals surface area contributed by atoms with Gasteiger partial charge in [0.15, 0.2) is 0 Å². The molecular weight excluding hydrogens is 192 g/mol. The van der Waals surface area contributed by atoms with Gasteiger partial charge in [-0.25, -0.2) is 0 Å². The summed E-state index contributed by atoms with van der Waals surface area (Å²) >= 11 is 0. The molecule has 0 aliphatic heterocycles. The Bertz CT molecular complexity index is 193. The molecule has 2 N–H and O–H groups in total. The second kappa shape index (κ2) is 6.80. The highest BCUT2D eigenvalue weighted by molar-refractivity contribution is 5.77. The molecule has 0 atom stereocenters. The average Bonchev–Trinajstić information content (AvgIpc) is 2.22. The van der Waals surface area contributed by atoms with E-state index in [1.807, 2.05) is 20.8 Å². The monoisotopic (exact) mass is 216 g/mol. The molecular formula is C11H24N2O2. The van der Waals surface area contributed by atoms with E-state index in [1.54, 1.807) is 11.9 Å². The van der Waals surface area contributed by atoms with Crippen LogP contribution in [0.15, 0.2) is 0 Å². The highest BCUT2D eigenvalue weighted by atomic mass is 16.5. The van der Waals surface area contributed by atoms with Crippen molar-refractivity contribution in [1.82, 2.24) is 4.90 Å². The lowest BCUT2D eigenvalue weighted by atomic mass is 10.1. The highest BCUT2D eigenvalue weighted by Gasteiger charge is 2.18. The number of hydrogen-bond donors (Lipinski definition) is 1. The molecule has 0 saturated carbocycles. The molecule has 0 radical (unpaired) electrons. The minimum absolute atomic E-state index is 0.0185. The first kappa shape index (κ1) is 14.4. The van der Waals surface area contributed by atoms with Crippen molar-refractivity contribution in [3.63, 3.8) is 0 Å². The van der Waals surface area contributed by atoms with Crippen LogP contribution in [0.3, 0.4) is 0 Å². The van der Waals surface area contributed by atoms with Crippen molar-refractivity contribution in [2.45, 2.75) is 39.2 Å². The van der Waals surface area contributed by atoms with E-state index in [0.717, 1.165) is 12.8 Å². The average molecular weight is 216 g/mol. The van der Waals surface area contributed by atoms with Gasteiger partial charge in [0.25, 0.3) is 0 Å². The number of likely N-dealkylation sites (N-methyl/N-ethyl adjacent to an activating group) is 1. The first-order chi connectivity index (χ1) is 6.93. The fourth-order valence-corrected chi connectivity index (χ4v) is 0.923. The summed E-state index contributed by atoms with van der Waals surface area (Å²) in [6.07, 6.45) is 1.73. The summed E-state index contributed by atoms with van der Waals surface area (Å²) in [4.78, 5) is 13.2. The second-order valence-corrected chi connectivity index (χ2v) is 4.36. The third kappa shape index (κ3) is 6.47. The van der Waals surface area contributed by atoms with Gasteiger partial charge in [-0.1, -0.05) is 6.92 Å². The molecule has 0 unspecified atom stereocenters. The zero-order valence-corrected chi connectivity index (χ0v) is 10.4. The lowest BCUT2D eigenvalue weighted by Crippen LogP contribution is -2.35. The number of nitrogens with two attached hydrogens (primary N) is 1. The third-order valence-electron chi connectivity index (χ3n) is 2.56. The zero-order valence-electron chi connectivity index (χ0n) is 10.4. The number of carbonyl (C=O) groups excluding carboxylic acids is 1. The molecule has 15 heavy (non-hydrogen) atoms. The Morgan fingerprint density at radius 1 is 1.47 bits per heavy atom. The van der Waals surface area contributed by atoms with Crippen LogP contribution in [0.4, 0.5) is 0 Å². The summed E-state index contributed by atoms with van der Waals surface area (Å²) in [5.41, 5.74) is 5.15. The first-order valence-electron chi connectivity index (χ1n) is 5.51. The molecule has 0 aromatic heterocycles. The van der Waals surface area contributed by atoms with E-state index in [2.05, 4.69) is 0 Å². The quantitative estimate of drug-likeness (QED) is 0.690. The summed E-state index contributed by atoms with van der Waals surface area (Å²) in [7, 11) is 1.78. The van der Waals surface area contributed by atoms with E-state index >= 15 is 0 Å². The van der Waals surface area contributed by atoms with E-state index < -0.39 is 0 Å². The van der Waals surface area contributed by atoms with Gasteiger partial charge in [0.2, 0.25) is 5.91 Å². The highest BCUT2D eigenvalue weighted by Crippen LogP contribution is 2.13. The van der Waals surface area contributed by atoms with Crippen molar-refractivity contribution < 1.29 is 9.53 Å². The normalized spacial score (nSPS) is 11.5. The van der Waals surface area contributed by atoms with Crippen LogP contribution in [0.5, 0.6) is 0 Å². The summed E-state index contributed by atoms with van der Waals surface area (Å²) < 4.78 is 5.52. The van der Waals surface area contributed by atoms with Crippen molar-refractivity contribution in [3.8, 4) is 0 Å². The Kier molecular flexibility index (Phi) is 6.52. The van der Waals surface area contributed by atoms with Crippen LogP contribution < -0.4 is 5.73 Å². The van der Waals surface area contributed by atoms with Gasteiger partial charge in [-0.15, -0.1) is 0 Å². The standard InChI is InChI=1S/C11H24N2O2/c1-5-11(2,3)15-9-10(14)13(4)8-6-7-12/h5-9,12H2,1-4H3. The number of carbonyl (C=O) groups is 1. The minimum atomic E-state index is -0.218. The third-order valence-corrected chi connectivity index (χ3v) is 2.56. The van der Waals surface area contributed by atoms with E-state index in [0.29, 0.717) is 13.1 Å². The Hall–Kier alpha value is -0.610. The van der Waals surface area contributed by atoms with E-state index in [4.69, 9.17) is 10.5 Å². The Labute approximate surface area is 92.8 Å². The number of ether oxygens (including phenoxy) is 1. The molecule has 0 aromatic carbocycles. The van der Waals surface area contributed by atoms with E-state index in [-0.39, 0.29) is 18.1 Å². The molecule has 0 fully saturated rings. The van der Waals surface area contributed by atoms with Crippen LogP contribution in [0, 0.1) is 0 Å². The molecule has 0 heterocycles. The second-order valence-electron chi connectivity index (χ2n) is 4.36. The number of amides is 1. The summed E-state index contributed by atoms with van der Waals surface area (Å²) in [5, 5.41) is 0. The molecule has 0 aliphatic carbocycles. The molecule has 90 valence electrons. The van der Waals surface area contributed by atoms with Crippen molar-refractivity contribution in [1.29, 1.82) is 0 Å². The lowest BCUT2D eigenvalue weighted by Gasteiger charge is -2.25. The lowest BCUT2D eigenvalue weighted by molar-refractivity contribution is -0.140. The van der Waals surface area contributed by atoms with Crippen molar-refractivity contribution >= 4 is 5.91 Å². The first-order valence-corrected chi connectivity index (χ1v) is 5.51. The Morgan fingerprint density at radius 3 is 2.53 bits per heavy atom. The number of nitrogens with zero attached hydrogens (tertiary/aromatic N) is 1. The molecule has 0 aromatic rings. The Morgan fingerprint density at radius 2 is 2.07 bits per heavy atom. The maximum absolute atomic E-state index is 11.6. The van der Waals surface area contributed by atoms with Crippen molar-refractivity contribution in [2.75, 3.05) is 26.7 Å². The van der Waals surface area contributed by atoms with Crippen LogP contribution in [0.2, 0.25) is 0 Å². The van der Waals surface area contributed by atoms with Gasteiger partial charge in [0, 0.05) is 13.6 Å². The molecule has 4 nitrogen and oxygen atoms in total. The van der Waals surface area contributed by atoms with Crippen molar-refractivity contribution in [2.24, 2.45) is 5.73 Å². The number of rotatable bonds is 7. The number of hydrogen-bond acceptors (Lipinski definition) is 3. The maximum Gasteiger partial charge on any atom is 0.248 e. The van der Waals surface area contributed by atoms with Crippen LogP contribution >= 0.6 is 0 Å². The molecule has 4 heteroatoms. The van der Waals surface area contributed by atoms with Gasteiger partial charge in [-0.2, -0.15) is 0 Å². The van der Waals surface area contributed by atoms with E-state index in [9.17, 15) is 4.79 Å². The SMILES string of the molecule is CCC(C)(C)OCC(=O)N(C)CCCN. The van der Waals surface area contributed by atoms with Crippen LogP contribution in [-0.2, 0) is 9.53 Å². The van der Waals surface area contributed by atoms with Gasteiger partial charge >= 0.3 is 0 Å². The fourth-order valence-electron chi connectivity index (χ4n) is 0.923. The van der Waals surface area contributed by atoms with Gasteiger partial charge in [0.1, 0.15) is 6.61 Å². The summed E-state index contributed by atoms with van der Waals surface area (Å²) in [5.74, 6) is 0.0185. The molecule has 1 amide bonds. The molecule has 0 rings (SSSR count). The molecule has 0 aliphatic rings. The largest absolute Gasteiger partial charge is 0.366 e. The van der Waals surface area contributed by atoms with Crippen LogP contribution in [-0.4, -0.2) is 43.2 Å². The maximum atomic E-state index is 11.6.